The van der Waals surface area contributed by atoms with Crippen LogP contribution in [0.1, 0.15) is 17.3 Å². The van der Waals surface area contributed by atoms with Gasteiger partial charge in [-0.2, -0.15) is 0 Å². The first-order valence-corrected chi connectivity index (χ1v) is 5.42. The second-order valence-electron chi connectivity index (χ2n) is 2.77. The summed E-state index contributed by atoms with van der Waals surface area (Å²) in [5, 5.41) is 2.61. The average molecular weight is 210 g/mol. The lowest BCUT2D eigenvalue weighted by Gasteiger charge is -2.07. The van der Waals surface area contributed by atoms with Gasteiger partial charge in [0.25, 0.3) is 5.91 Å². The summed E-state index contributed by atoms with van der Waals surface area (Å²) in [7, 11) is 1.62. The van der Waals surface area contributed by atoms with Crippen LogP contribution >= 0.6 is 11.8 Å². The molecule has 3 nitrogen and oxygen atoms in total. The van der Waals surface area contributed by atoms with Gasteiger partial charge in [0, 0.05) is 17.6 Å². The van der Waals surface area contributed by atoms with E-state index >= 15 is 0 Å². The molecular formula is C10H14N2OS. The average Bonchev–Trinajstić information content (AvgIpc) is 2.17. The Morgan fingerprint density at radius 1 is 1.57 bits per heavy atom. The second kappa shape index (κ2) is 4.91. The quantitative estimate of drug-likeness (QED) is 0.590. The Bertz CT molecular complexity index is 339. The smallest absolute Gasteiger partial charge is 0.252 e. The van der Waals surface area contributed by atoms with Gasteiger partial charge >= 0.3 is 0 Å². The molecule has 1 aromatic carbocycles. The van der Waals surface area contributed by atoms with E-state index in [2.05, 4.69) is 5.32 Å². The van der Waals surface area contributed by atoms with Crippen molar-refractivity contribution in [1.82, 2.24) is 5.32 Å². The predicted octanol–water partition coefficient (Wildman–Crippen LogP) is 1.74. The van der Waals surface area contributed by atoms with Crippen LogP contribution in [0, 0.1) is 0 Å². The molecule has 0 aliphatic heterocycles. The molecule has 1 aromatic rings. The first-order chi connectivity index (χ1) is 6.69. The van der Waals surface area contributed by atoms with E-state index in [4.69, 9.17) is 5.73 Å². The molecule has 0 unspecified atom stereocenters. The van der Waals surface area contributed by atoms with Crippen LogP contribution in [0.4, 0.5) is 5.69 Å². The Morgan fingerprint density at radius 3 is 2.86 bits per heavy atom. The zero-order chi connectivity index (χ0) is 10.6. The van der Waals surface area contributed by atoms with Gasteiger partial charge in [-0.3, -0.25) is 4.79 Å². The number of thioether (sulfide) groups is 1. The van der Waals surface area contributed by atoms with E-state index in [1.54, 1.807) is 30.9 Å². The van der Waals surface area contributed by atoms with Crippen LogP contribution < -0.4 is 11.1 Å². The number of rotatable bonds is 3. The zero-order valence-electron chi connectivity index (χ0n) is 8.33. The van der Waals surface area contributed by atoms with Crippen molar-refractivity contribution in [3.05, 3.63) is 23.8 Å². The highest BCUT2D eigenvalue weighted by Crippen LogP contribution is 2.24. The molecular weight excluding hydrogens is 196 g/mol. The van der Waals surface area contributed by atoms with Gasteiger partial charge in [0.1, 0.15) is 0 Å². The van der Waals surface area contributed by atoms with Crippen molar-refractivity contribution >= 4 is 23.4 Å². The molecule has 0 bridgehead atoms. The summed E-state index contributed by atoms with van der Waals surface area (Å²) in [6.07, 6.45) is 0. The fourth-order valence-corrected chi connectivity index (χ4v) is 1.98. The number of hydrogen-bond acceptors (Lipinski definition) is 3. The first kappa shape index (κ1) is 10.9. The van der Waals surface area contributed by atoms with Crippen LogP contribution in [0.5, 0.6) is 0 Å². The third-order valence-electron chi connectivity index (χ3n) is 1.78. The van der Waals surface area contributed by atoms with Crippen LogP contribution in [-0.2, 0) is 0 Å². The molecule has 14 heavy (non-hydrogen) atoms. The molecule has 4 heteroatoms. The number of carbonyl (C=O) groups is 1. The summed E-state index contributed by atoms with van der Waals surface area (Å²) in [4.78, 5) is 12.4. The van der Waals surface area contributed by atoms with Crippen LogP contribution in [0.3, 0.4) is 0 Å². The van der Waals surface area contributed by atoms with Crippen molar-refractivity contribution in [2.24, 2.45) is 0 Å². The summed E-state index contributed by atoms with van der Waals surface area (Å²) in [5.74, 6) is 0.855. The maximum Gasteiger partial charge on any atom is 0.252 e. The fourth-order valence-electron chi connectivity index (χ4n) is 1.14. The van der Waals surface area contributed by atoms with Gasteiger partial charge in [0.2, 0.25) is 0 Å². The monoisotopic (exact) mass is 210 g/mol. The van der Waals surface area contributed by atoms with Crippen LogP contribution in [-0.4, -0.2) is 18.7 Å². The zero-order valence-corrected chi connectivity index (χ0v) is 9.15. The number of nitrogen functional groups attached to an aromatic ring is 1. The molecule has 0 aliphatic rings. The Kier molecular flexibility index (Phi) is 3.83. The predicted molar refractivity (Wildman–Crippen MR) is 60.6 cm³/mol. The molecule has 0 aromatic heterocycles. The van der Waals surface area contributed by atoms with E-state index in [-0.39, 0.29) is 5.91 Å². The third kappa shape index (κ3) is 2.42. The van der Waals surface area contributed by atoms with E-state index in [1.807, 2.05) is 13.0 Å². The van der Waals surface area contributed by atoms with E-state index < -0.39 is 0 Å². The van der Waals surface area contributed by atoms with E-state index in [0.717, 1.165) is 10.6 Å². The SMILES string of the molecule is CCSc1cc(N)ccc1C(=O)NC. The van der Waals surface area contributed by atoms with Crippen LogP contribution in [0.2, 0.25) is 0 Å². The summed E-state index contributed by atoms with van der Waals surface area (Å²) >= 11 is 1.62. The number of amides is 1. The van der Waals surface area contributed by atoms with Crippen molar-refractivity contribution in [3.63, 3.8) is 0 Å². The lowest BCUT2D eigenvalue weighted by atomic mass is 10.2. The molecule has 0 atom stereocenters. The van der Waals surface area contributed by atoms with E-state index in [9.17, 15) is 4.79 Å². The van der Waals surface area contributed by atoms with Crippen molar-refractivity contribution in [3.8, 4) is 0 Å². The van der Waals surface area contributed by atoms with Gasteiger partial charge in [-0.05, 0) is 24.0 Å². The first-order valence-electron chi connectivity index (χ1n) is 4.43. The maximum atomic E-state index is 11.5. The lowest BCUT2D eigenvalue weighted by Crippen LogP contribution is -2.18. The molecule has 0 spiro atoms. The van der Waals surface area contributed by atoms with Gasteiger partial charge in [0.15, 0.2) is 0 Å². The summed E-state index contributed by atoms with van der Waals surface area (Å²) < 4.78 is 0. The third-order valence-corrected chi connectivity index (χ3v) is 2.71. The molecule has 0 fully saturated rings. The fraction of sp³-hybridized carbons (Fsp3) is 0.300. The van der Waals surface area contributed by atoms with E-state index in [1.165, 1.54) is 0 Å². The molecule has 1 amide bonds. The molecule has 1 rings (SSSR count). The second-order valence-corrected chi connectivity index (χ2v) is 4.07. The number of carbonyl (C=O) groups excluding carboxylic acids is 1. The molecule has 0 aliphatic carbocycles. The van der Waals surface area contributed by atoms with Crippen molar-refractivity contribution in [2.45, 2.75) is 11.8 Å². The highest BCUT2D eigenvalue weighted by Gasteiger charge is 2.09. The summed E-state index contributed by atoms with van der Waals surface area (Å²) in [6.45, 7) is 2.04. The summed E-state index contributed by atoms with van der Waals surface area (Å²) in [6, 6.07) is 5.33. The minimum atomic E-state index is -0.0686. The van der Waals surface area contributed by atoms with Gasteiger partial charge in [0.05, 0.1) is 5.56 Å². The van der Waals surface area contributed by atoms with E-state index in [0.29, 0.717) is 11.3 Å². The molecule has 76 valence electrons. The molecule has 0 saturated carbocycles. The molecule has 0 saturated heterocycles. The highest BCUT2D eigenvalue weighted by atomic mass is 32.2. The number of nitrogens with one attached hydrogen (secondary N) is 1. The van der Waals surface area contributed by atoms with Crippen molar-refractivity contribution < 1.29 is 4.79 Å². The topological polar surface area (TPSA) is 55.1 Å². The Morgan fingerprint density at radius 2 is 2.29 bits per heavy atom. The maximum absolute atomic E-state index is 11.5. The normalized spacial score (nSPS) is 9.86. The Labute approximate surface area is 88.1 Å². The minimum absolute atomic E-state index is 0.0686. The van der Waals surface area contributed by atoms with Crippen LogP contribution in [0.15, 0.2) is 23.1 Å². The van der Waals surface area contributed by atoms with Crippen molar-refractivity contribution in [1.29, 1.82) is 0 Å². The summed E-state index contributed by atoms with van der Waals surface area (Å²) in [5.41, 5.74) is 7.03. The molecule has 0 radical (unpaired) electrons. The molecule has 3 N–H and O–H groups in total. The van der Waals surface area contributed by atoms with Crippen molar-refractivity contribution in [2.75, 3.05) is 18.5 Å². The largest absolute Gasteiger partial charge is 0.399 e. The van der Waals surface area contributed by atoms with Gasteiger partial charge < -0.3 is 11.1 Å². The molecule has 0 heterocycles. The van der Waals surface area contributed by atoms with Gasteiger partial charge in [-0.15, -0.1) is 11.8 Å². The van der Waals surface area contributed by atoms with Gasteiger partial charge in [-0.25, -0.2) is 0 Å². The minimum Gasteiger partial charge on any atom is -0.399 e. The Balaban J connectivity index is 3.07. The Hall–Kier alpha value is -1.16. The number of nitrogens with two attached hydrogens (primary N) is 1. The number of hydrogen-bond donors (Lipinski definition) is 2. The number of anilines is 1. The lowest BCUT2D eigenvalue weighted by molar-refractivity contribution is 0.0960. The van der Waals surface area contributed by atoms with Crippen LogP contribution in [0.25, 0.3) is 0 Å². The number of benzene rings is 1. The standard InChI is InChI=1S/C10H14N2OS/c1-3-14-9-6-7(11)4-5-8(9)10(13)12-2/h4-6H,3,11H2,1-2H3,(H,12,13). The highest BCUT2D eigenvalue weighted by molar-refractivity contribution is 7.99. The van der Waals surface area contributed by atoms with Gasteiger partial charge in [-0.1, -0.05) is 6.92 Å².